The highest BCUT2D eigenvalue weighted by molar-refractivity contribution is 5.96. The molecule has 0 saturated heterocycles. The monoisotopic (exact) mass is 390 g/mol. The van der Waals surface area contributed by atoms with Gasteiger partial charge in [0.15, 0.2) is 0 Å². The molecular weight excluding hydrogens is 368 g/mol. The largest absolute Gasteiger partial charge is 0.375 e. The maximum atomic E-state index is 12.4. The van der Waals surface area contributed by atoms with Crippen molar-refractivity contribution in [1.82, 2.24) is 5.32 Å². The molecule has 0 heterocycles. The molecule has 144 valence electrons. The van der Waals surface area contributed by atoms with Gasteiger partial charge in [0.2, 0.25) is 0 Å². The van der Waals surface area contributed by atoms with Crippen molar-refractivity contribution in [3.8, 4) is 0 Å². The van der Waals surface area contributed by atoms with E-state index in [-0.39, 0.29) is 35.6 Å². The Balaban J connectivity index is 0.00000261. The molecule has 7 nitrogen and oxygen atoms in total. The summed E-state index contributed by atoms with van der Waals surface area (Å²) in [6, 6.07) is 14.0. The number of nitro benzene ring substituents is 1. The normalized spacial score (nSPS) is 14.0. The molecule has 1 aliphatic carbocycles. The number of anilines is 1. The van der Waals surface area contributed by atoms with Gasteiger partial charge in [-0.05, 0) is 36.5 Å². The van der Waals surface area contributed by atoms with Crippen LogP contribution in [-0.2, 0) is 6.54 Å². The summed E-state index contributed by atoms with van der Waals surface area (Å²) in [5.41, 5.74) is 7.24. The number of benzene rings is 2. The van der Waals surface area contributed by atoms with Crippen LogP contribution in [0.2, 0.25) is 0 Å². The summed E-state index contributed by atoms with van der Waals surface area (Å²) in [5, 5.41) is 17.4. The van der Waals surface area contributed by atoms with Gasteiger partial charge in [0.1, 0.15) is 5.69 Å². The molecule has 0 spiro atoms. The molecule has 27 heavy (non-hydrogen) atoms. The Morgan fingerprint density at radius 2 is 1.93 bits per heavy atom. The molecule has 1 atom stereocenters. The molecular formula is C19H23ClN4O3. The van der Waals surface area contributed by atoms with E-state index in [4.69, 9.17) is 5.73 Å². The topological polar surface area (TPSA) is 110 Å². The Morgan fingerprint density at radius 1 is 1.22 bits per heavy atom. The second kappa shape index (κ2) is 9.34. The molecule has 1 unspecified atom stereocenters. The van der Waals surface area contributed by atoms with Crippen LogP contribution in [0.5, 0.6) is 0 Å². The molecule has 4 N–H and O–H groups in total. The Kier molecular flexibility index (Phi) is 7.15. The van der Waals surface area contributed by atoms with Crippen LogP contribution in [0.1, 0.15) is 28.8 Å². The number of rotatable bonds is 8. The molecule has 1 fully saturated rings. The van der Waals surface area contributed by atoms with Crippen molar-refractivity contribution in [3.05, 3.63) is 69.8 Å². The highest BCUT2D eigenvalue weighted by Crippen LogP contribution is 2.32. The zero-order valence-electron chi connectivity index (χ0n) is 14.8. The van der Waals surface area contributed by atoms with E-state index in [1.807, 2.05) is 30.3 Å². The van der Waals surface area contributed by atoms with Crippen molar-refractivity contribution in [1.29, 1.82) is 0 Å². The van der Waals surface area contributed by atoms with Gasteiger partial charge in [-0.3, -0.25) is 14.9 Å². The van der Waals surface area contributed by atoms with E-state index < -0.39 is 4.92 Å². The molecule has 0 bridgehead atoms. The first kappa shape index (κ1) is 20.7. The summed E-state index contributed by atoms with van der Waals surface area (Å²) in [6.45, 7) is 0.833. The smallest absolute Gasteiger partial charge is 0.293 e. The van der Waals surface area contributed by atoms with Gasteiger partial charge in [0.05, 0.1) is 4.92 Å². The third-order valence-electron chi connectivity index (χ3n) is 4.54. The number of carbonyl (C=O) groups is 1. The first-order valence-corrected chi connectivity index (χ1v) is 8.65. The summed E-state index contributed by atoms with van der Waals surface area (Å²) in [5.74, 6) is 0.0933. The fourth-order valence-corrected chi connectivity index (χ4v) is 2.89. The van der Waals surface area contributed by atoms with E-state index in [0.717, 1.165) is 18.4 Å². The highest BCUT2D eigenvalue weighted by atomic mass is 35.5. The van der Waals surface area contributed by atoms with Crippen LogP contribution in [0.25, 0.3) is 0 Å². The summed E-state index contributed by atoms with van der Waals surface area (Å²) >= 11 is 0. The molecule has 2 aromatic rings. The SMILES string of the molecule is Cl.NCC(NC(=O)c1ccc(NCc2ccccc2)c([N+](=O)[O-])c1)C1CC1. The molecule has 3 rings (SSSR count). The quantitative estimate of drug-likeness (QED) is 0.473. The van der Waals surface area contributed by atoms with Gasteiger partial charge in [-0.15, -0.1) is 12.4 Å². The first-order valence-electron chi connectivity index (χ1n) is 8.65. The van der Waals surface area contributed by atoms with E-state index in [2.05, 4.69) is 10.6 Å². The van der Waals surface area contributed by atoms with E-state index >= 15 is 0 Å². The van der Waals surface area contributed by atoms with E-state index in [0.29, 0.717) is 24.7 Å². The summed E-state index contributed by atoms with van der Waals surface area (Å²) < 4.78 is 0. The standard InChI is InChI=1S/C19H22N4O3.ClH/c20-11-17(14-6-7-14)22-19(24)15-8-9-16(18(10-15)23(25)26)21-12-13-4-2-1-3-5-13;/h1-5,8-10,14,17,21H,6-7,11-12,20H2,(H,22,24);1H. The van der Waals surface area contributed by atoms with Gasteiger partial charge < -0.3 is 16.4 Å². The van der Waals surface area contributed by atoms with Crippen LogP contribution in [0, 0.1) is 16.0 Å². The van der Waals surface area contributed by atoms with Crippen molar-refractivity contribution >= 4 is 29.7 Å². The molecule has 1 saturated carbocycles. The number of nitrogens with one attached hydrogen (secondary N) is 2. The van der Waals surface area contributed by atoms with E-state index in [1.165, 1.54) is 6.07 Å². The first-order chi connectivity index (χ1) is 12.6. The fraction of sp³-hybridized carbons (Fsp3) is 0.316. The maximum absolute atomic E-state index is 12.4. The fourth-order valence-electron chi connectivity index (χ4n) is 2.89. The van der Waals surface area contributed by atoms with Crippen molar-refractivity contribution in [2.75, 3.05) is 11.9 Å². The molecule has 0 aromatic heterocycles. The van der Waals surface area contributed by atoms with Crippen molar-refractivity contribution in [2.24, 2.45) is 11.7 Å². The zero-order valence-corrected chi connectivity index (χ0v) is 15.6. The van der Waals surface area contributed by atoms with Crippen LogP contribution in [0.15, 0.2) is 48.5 Å². The Bertz CT molecular complexity index is 797. The minimum atomic E-state index is -0.481. The van der Waals surface area contributed by atoms with Gasteiger partial charge in [-0.25, -0.2) is 0 Å². The third-order valence-corrected chi connectivity index (χ3v) is 4.54. The van der Waals surface area contributed by atoms with Crippen LogP contribution in [0.4, 0.5) is 11.4 Å². The third kappa shape index (κ3) is 5.42. The lowest BCUT2D eigenvalue weighted by Gasteiger charge is -2.16. The van der Waals surface area contributed by atoms with Crippen LogP contribution in [-0.4, -0.2) is 23.4 Å². The summed E-state index contributed by atoms with van der Waals surface area (Å²) in [6.07, 6.45) is 2.12. The number of halogens is 1. The number of hydrogen-bond acceptors (Lipinski definition) is 5. The van der Waals surface area contributed by atoms with Crippen LogP contribution >= 0.6 is 12.4 Å². The molecule has 0 aliphatic heterocycles. The number of nitrogens with zero attached hydrogens (tertiary/aromatic N) is 1. The molecule has 1 aliphatic rings. The van der Waals surface area contributed by atoms with Crippen LogP contribution in [0.3, 0.4) is 0 Å². The number of nitro groups is 1. The van der Waals surface area contributed by atoms with Gasteiger partial charge in [0, 0.05) is 30.8 Å². The minimum absolute atomic E-state index is 0. The molecule has 1 amide bonds. The predicted molar refractivity (Wildman–Crippen MR) is 107 cm³/mol. The predicted octanol–water partition coefficient (Wildman–Crippen LogP) is 3.10. The highest BCUT2D eigenvalue weighted by Gasteiger charge is 2.31. The zero-order chi connectivity index (χ0) is 18.5. The lowest BCUT2D eigenvalue weighted by Crippen LogP contribution is -2.41. The Morgan fingerprint density at radius 3 is 2.52 bits per heavy atom. The lowest BCUT2D eigenvalue weighted by atomic mass is 10.1. The lowest BCUT2D eigenvalue weighted by molar-refractivity contribution is -0.384. The van der Waals surface area contributed by atoms with Gasteiger partial charge in [-0.1, -0.05) is 30.3 Å². The Labute approximate surface area is 163 Å². The van der Waals surface area contributed by atoms with E-state index in [9.17, 15) is 14.9 Å². The molecule has 8 heteroatoms. The number of amides is 1. The summed E-state index contributed by atoms with van der Waals surface area (Å²) in [4.78, 5) is 23.3. The van der Waals surface area contributed by atoms with Gasteiger partial charge in [0.25, 0.3) is 11.6 Å². The maximum Gasteiger partial charge on any atom is 0.293 e. The second-order valence-corrected chi connectivity index (χ2v) is 6.48. The van der Waals surface area contributed by atoms with Gasteiger partial charge in [-0.2, -0.15) is 0 Å². The minimum Gasteiger partial charge on any atom is -0.375 e. The molecule has 2 aromatic carbocycles. The van der Waals surface area contributed by atoms with Gasteiger partial charge >= 0.3 is 0 Å². The van der Waals surface area contributed by atoms with Crippen molar-refractivity contribution in [3.63, 3.8) is 0 Å². The number of hydrogen-bond donors (Lipinski definition) is 3. The average Bonchev–Trinajstić information content (AvgIpc) is 3.50. The molecule has 0 radical (unpaired) electrons. The average molecular weight is 391 g/mol. The Hall–Kier alpha value is -2.64. The van der Waals surface area contributed by atoms with E-state index in [1.54, 1.807) is 12.1 Å². The second-order valence-electron chi connectivity index (χ2n) is 6.48. The van der Waals surface area contributed by atoms with Crippen molar-refractivity contribution in [2.45, 2.75) is 25.4 Å². The number of nitrogens with two attached hydrogens (primary N) is 1. The number of carbonyl (C=O) groups excluding carboxylic acids is 1. The van der Waals surface area contributed by atoms with Crippen molar-refractivity contribution < 1.29 is 9.72 Å². The van der Waals surface area contributed by atoms with Crippen LogP contribution < -0.4 is 16.4 Å². The summed E-state index contributed by atoms with van der Waals surface area (Å²) in [7, 11) is 0.